The van der Waals surface area contributed by atoms with Gasteiger partial charge >= 0.3 is 5.97 Å². The average Bonchev–Trinajstić information content (AvgIpc) is 2.18. The number of carboxylic acids is 1. The summed E-state index contributed by atoms with van der Waals surface area (Å²) in [5.74, 6) is -1.31. The predicted molar refractivity (Wildman–Crippen MR) is 54.3 cm³/mol. The van der Waals surface area contributed by atoms with Gasteiger partial charge in [-0.2, -0.15) is 0 Å². The van der Waals surface area contributed by atoms with Crippen molar-refractivity contribution in [1.82, 2.24) is 5.32 Å². The fraction of sp³-hybridized carbons (Fsp3) is 0.778. The number of nitrogens with two attached hydrogens (primary N) is 1. The highest BCUT2D eigenvalue weighted by molar-refractivity contribution is 5.78. The van der Waals surface area contributed by atoms with E-state index in [1.807, 2.05) is 6.92 Å². The number of hydrogen-bond acceptors (Lipinski definition) is 4. The first-order chi connectivity index (χ1) is 7.11. The van der Waals surface area contributed by atoms with Crippen molar-refractivity contribution in [1.29, 1.82) is 0 Å². The van der Waals surface area contributed by atoms with Crippen LogP contribution in [0.4, 0.5) is 0 Å². The van der Waals surface area contributed by atoms with E-state index < -0.39 is 5.97 Å². The summed E-state index contributed by atoms with van der Waals surface area (Å²) in [6, 6.07) is 0. The Morgan fingerprint density at radius 2 is 2.20 bits per heavy atom. The van der Waals surface area contributed by atoms with Crippen molar-refractivity contribution in [3.63, 3.8) is 0 Å². The second-order valence-electron chi connectivity index (χ2n) is 3.08. The highest BCUT2D eigenvalue weighted by atomic mass is 16.5. The van der Waals surface area contributed by atoms with Crippen LogP contribution in [0.2, 0.25) is 0 Å². The normalized spacial score (nSPS) is 12.1. The summed E-state index contributed by atoms with van der Waals surface area (Å²) in [6.07, 6.45) is 0.693. The molecule has 1 atom stereocenters. The molecule has 0 spiro atoms. The molecular weight excluding hydrogens is 200 g/mol. The minimum Gasteiger partial charge on any atom is -0.480 e. The number of carbonyl (C=O) groups excluding carboxylic acids is 1. The van der Waals surface area contributed by atoms with Gasteiger partial charge in [-0.25, -0.2) is 4.79 Å². The summed E-state index contributed by atoms with van der Waals surface area (Å²) in [5, 5.41) is 10.9. The summed E-state index contributed by atoms with van der Waals surface area (Å²) in [7, 11) is 0. The molecular formula is C9H18N2O4. The third-order valence-corrected chi connectivity index (χ3v) is 1.92. The quantitative estimate of drug-likeness (QED) is 0.462. The molecule has 6 nitrogen and oxygen atoms in total. The SMILES string of the molecule is CCC(CN)C(=O)NCCOCC(=O)O. The topological polar surface area (TPSA) is 102 Å². The summed E-state index contributed by atoms with van der Waals surface area (Å²) in [6.45, 7) is 2.36. The Kier molecular flexibility index (Phi) is 7.57. The lowest BCUT2D eigenvalue weighted by Gasteiger charge is -2.12. The molecule has 0 aromatic rings. The fourth-order valence-corrected chi connectivity index (χ4v) is 1.01. The third-order valence-electron chi connectivity index (χ3n) is 1.92. The van der Waals surface area contributed by atoms with E-state index >= 15 is 0 Å². The number of rotatable bonds is 8. The minimum atomic E-state index is -1.02. The number of carboxylic acid groups (broad SMARTS) is 1. The summed E-state index contributed by atoms with van der Waals surface area (Å²) in [5.41, 5.74) is 5.38. The van der Waals surface area contributed by atoms with Crippen molar-refractivity contribution in [2.75, 3.05) is 26.3 Å². The molecule has 0 radical (unpaired) electrons. The first-order valence-corrected chi connectivity index (χ1v) is 4.89. The zero-order valence-corrected chi connectivity index (χ0v) is 8.86. The zero-order valence-electron chi connectivity index (χ0n) is 8.86. The highest BCUT2D eigenvalue weighted by Gasteiger charge is 2.13. The van der Waals surface area contributed by atoms with Crippen molar-refractivity contribution < 1.29 is 19.4 Å². The predicted octanol–water partition coefficient (Wildman–Crippen LogP) is -0.811. The van der Waals surface area contributed by atoms with Gasteiger partial charge in [-0.1, -0.05) is 6.92 Å². The Morgan fingerprint density at radius 3 is 2.67 bits per heavy atom. The third kappa shape index (κ3) is 6.87. The molecule has 88 valence electrons. The van der Waals surface area contributed by atoms with Gasteiger partial charge in [0.1, 0.15) is 6.61 Å². The highest BCUT2D eigenvalue weighted by Crippen LogP contribution is 1.98. The first kappa shape index (κ1) is 13.9. The van der Waals surface area contributed by atoms with Crippen LogP contribution >= 0.6 is 0 Å². The molecule has 0 rings (SSSR count). The molecule has 6 heteroatoms. The molecule has 0 aromatic carbocycles. The molecule has 0 aliphatic rings. The Bertz CT molecular complexity index is 204. The molecule has 0 aliphatic heterocycles. The van der Waals surface area contributed by atoms with Gasteiger partial charge in [0.05, 0.1) is 6.61 Å². The second kappa shape index (κ2) is 8.19. The van der Waals surface area contributed by atoms with Crippen molar-refractivity contribution in [2.24, 2.45) is 11.7 Å². The monoisotopic (exact) mass is 218 g/mol. The van der Waals surface area contributed by atoms with Crippen LogP contribution in [-0.2, 0) is 14.3 Å². The maximum atomic E-state index is 11.3. The Hall–Kier alpha value is -1.14. The molecule has 0 heterocycles. The van der Waals surface area contributed by atoms with Crippen LogP contribution in [-0.4, -0.2) is 43.3 Å². The molecule has 15 heavy (non-hydrogen) atoms. The van der Waals surface area contributed by atoms with Crippen LogP contribution in [0.3, 0.4) is 0 Å². The van der Waals surface area contributed by atoms with Crippen molar-refractivity contribution >= 4 is 11.9 Å². The van der Waals surface area contributed by atoms with Crippen molar-refractivity contribution in [3.05, 3.63) is 0 Å². The van der Waals surface area contributed by atoms with Gasteiger partial charge in [0, 0.05) is 19.0 Å². The molecule has 4 N–H and O–H groups in total. The van der Waals surface area contributed by atoms with E-state index in [4.69, 9.17) is 15.6 Å². The molecule has 1 amide bonds. The largest absolute Gasteiger partial charge is 0.480 e. The number of hydrogen-bond donors (Lipinski definition) is 3. The van der Waals surface area contributed by atoms with E-state index in [0.29, 0.717) is 19.5 Å². The fourth-order valence-electron chi connectivity index (χ4n) is 1.01. The number of carbonyl (C=O) groups is 2. The Morgan fingerprint density at radius 1 is 1.53 bits per heavy atom. The smallest absolute Gasteiger partial charge is 0.329 e. The Labute approximate surface area is 88.8 Å². The van der Waals surface area contributed by atoms with E-state index in [-0.39, 0.29) is 25.0 Å². The molecule has 0 fully saturated rings. The zero-order chi connectivity index (χ0) is 11.7. The average molecular weight is 218 g/mol. The van der Waals surface area contributed by atoms with Gasteiger partial charge in [0.2, 0.25) is 5.91 Å². The number of ether oxygens (including phenoxy) is 1. The molecule has 0 aromatic heterocycles. The van der Waals surface area contributed by atoms with Crippen LogP contribution < -0.4 is 11.1 Å². The van der Waals surface area contributed by atoms with E-state index in [1.54, 1.807) is 0 Å². The van der Waals surface area contributed by atoms with Crippen LogP contribution in [0.25, 0.3) is 0 Å². The molecule has 0 saturated heterocycles. The summed E-state index contributed by atoms with van der Waals surface area (Å²) in [4.78, 5) is 21.4. The van der Waals surface area contributed by atoms with E-state index in [1.165, 1.54) is 0 Å². The van der Waals surface area contributed by atoms with Crippen molar-refractivity contribution in [3.8, 4) is 0 Å². The maximum Gasteiger partial charge on any atom is 0.329 e. The van der Waals surface area contributed by atoms with Gasteiger partial charge in [-0.15, -0.1) is 0 Å². The first-order valence-electron chi connectivity index (χ1n) is 4.89. The standard InChI is InChI=1S/C9H18N2O4/c1-2-7(5-10)9(14)11-3-4-15-6-8(12)13/h7H,2-6,10H2,1H3,(H,11,14)(H,12,13). The van der Waals surface area contributed by atoms with Crippen LogP contribution in [0.15, 0.2) is 0 Å². The lowest BCUT2D eigenvalue weighted by molar-refractivity contribution is -0.142. The van der Waals surface area contributed by atoms with Gasteiger partial charge < -0.3 is 20.9 Å². The van der Waals surface area contributed by atoms with Gasteiger partial charge in [0.25, 0.3) is 0 Å². The summed E-state index contributed by atoms with van der Waals surface area (Å²) >= 11 is 0. The lowest BCUT2D eigenvalue weighted by Crippen LogP contribution is -2.36. The number of aliphatic carboxylic acids is 1. The lowest BCUT2D eigenvalue weighted by atomic mass is 10.1. The summed E-state index contributed by atoms with van der Waals surface area (Å²) < 4.78 is 4.75. The van der Waals surface area contributed by atoms with Gasteiger partial charge in [0.15, 0.2) is 0 Å². The second-order valence-corrected chi connectivity index (χ2v) is 3.08. The Balaban J connectivity index is 3.50. The van der Waals surface area contributed by atoms with Crippen LogP contribution in [0.5, 0.6) is 0 Å². The van der Waals surface area contributed by atoms with Crippen LogP contribution in [0, 0.1) is 5.92 Å². The van der Waals surface area contributed by atoms with E-state index in [9.17, 15) is 9.59 Å². The number of amides is 1. The molecule has 0 saturated carbocycles. The van der Waals surface area contributed by atoms with Gasteiger partial charge in [-0.05, 0) is 6.42 Å². The van der Waals surface area contributed by atoms with Crippen LogP contribution in [0.1, 0.15) is 13.3 Å². The number of nitrogens with one attached hydrogen (secondary N) is 1. The van der Waals surface area contributed by atoms with E-state index in [2.05, 4.69) is 5.32 Å². The molecule has 1 unspecified atom stereocenters. The molecule has 0 aliphatic carbocycles. The van der Waals surface area contributed by atoms with Gasteiger partial charge in [-0.3, -0.25) is 4.79 Å². The van der Waals surface area contributed by atoms with E-state index in [0.717, 1.165) is 0 Å². The minimum absolute atomic E-state index is 0.112. The molecule has 0 bridgehead atoms. The maximum absolute atomic E-state index is 11.3. The van der Waals surface area contributed by atoms with Crippen molar-refractivity contribution in [2.45, 2.75) is 13.3 Å².